The fraction of sp³-hybridized carbons (Fsp3) is 0.667. The number of fused-ring (bicyclic) bond motifs is 1. The summed E-state index contributed by atoms with van der Waals surface area (Å²) in [6.45, 7) is 8.29. The van der Waals surface area contributed by atoms with Crippen LogP contribution >= 0.6 is 0 Å². The van der Waals surface area contributed by atoms with Gasteiger partial charge in [0, 0.05) is 26.2 Å². The Labute approximate surface area is 198 Å². The Morgan fingerprint density at radius 3 is 2.45 bits per heavy atom. The minimum Gasteiger partial charge on any atom is -0.463 e. The summed E-state index contributed by atoms with van der Waals surface area (Å²) in [6.07, 6.45) is 15.4. The summed E-state index contributed by atoms with van der Waals surface area (Å²) in [5.74, 6) is 1.34. The van der Waals surface area contributed by atoms with Crippen LogP contribution in [-0.4, -0.2) is 33.7 Å². The number of imidazole rings is 1. The molecule has 5 atom stereocenters. The molecule has 0 N–H and O–H groups in total. The van der Waals surface area contributed by atoms with E-state index >= 15 is 0 Å². The van der Waals surface area contributed by atoms with Crippen molar-refractivity contribution in [1.29, 1.82) is 0 Å². The van der Waals surface area contributed by atoms with E-state index in [-0.39, 0.29) is 24.1 Å². The molecule has 0 aromatic carbocycles. The van der Waals surface area contributed by atoms with Crippen LogP contribution in [0.4, 0.5) is 0 Å². The third kappa shape index (κ3) is 7.31. The maximum absolute atomic E-state index is 12.6. The van der Waals surface area contributed by atoms with Crippen LogP contribution in [0.1, 0.15) is 78.3 Å². The van der Waals surface area contributed by atoms with Crippen molar-refractivity contribution < 1.29 is 19.1 Å². The molecule has 1 aromatic rings. The van der Waals surface area contributed by atoms with E-state index in [1.54, 1.807) is 12.4 Å². The molecule has 3 rings (SSSR count). The molecule has 0 spiro atoms. The van der Waals surface area contributed by atoms with Gasteiger partial charge >= 0.3 is 11.9 Å². The lowest BCUT2D eigenvalue weighted by atomic mass is 9.64. The van der Waals surface area contributed by atoms with Gasteiger partial charge in [-0.1, -0.05) is 25.5 Å². The summed E-state index contributed by atoms with van der Waals surface area (Å²) in [5.41, 5.74) is 2.12. The summed E-state index contributed by atoms with van der Waals surface area (Å²) in [6, 6.07) is 0. The fourth-order valence-corrected chi connectivity index (χ4v) is 5.64. The lowest BCUT2D eigenvalue weighted by molar-refractivity contribution is -0.150. The molecular formula is C27H40N2O4. The quantitative estimate of drug-likeness (QED) is 0.333. The van der Waals surface area contributed by atoms with Crippen molar-refractivity contribution in [2.24, 2.45) is 30.7 Å². The van der Waals surface area contributed by atoms with E-state index in [1.807, 2.05) is 17.8 Å². The predicted octanol–water partition coefficient (Wildman–Crippen LogP) is 5.49. The van der Waals surface area contributed by atoms with Crippen LogP contribution in [0.3, 0.4) is 0 Å². The summed E-state index contributed by atoms with van der Waals surface area (Å²) < 4.78 is 13.6. The second-order valence-corrected chi connectivity index (χ2v) is 10.2. The molecule has 6 heteroatoms. The Morgan fingerprint density at radius 2 is 1.85 bits per heavy atom. The average molecular weight is 457 g/mol. The number of aryl methyl sites for hydroxylation is 1. The molecule has 2 aliphatic rings. The average Bonchev–Trinajstić information content (AvgIpc) is 3.16. The number of aromatic nitrogens is 2. The number of rotatable bonds is 5. The molecule has 0 unspecified atom stereocenters. The van der Waals surface area contributed by atoms with E-state index in [0.717, 1.165) is 50.6 Å². The van der Waals surface area contributed by atoms with Gasteiger partial charge in [-0.05, 0) is 81.6 Å². The molecule has 6 nitrogen and oxygen atoms in total. The van der Waals surface area contributed by atoms with Crippen LogP contribution < -0.4 is 0 Å². The maximum Gasteiger partial charge on any atom is 0.331 e. The van der Waals surface area contributed by atoms with Crippen molar-refractivity contribution in [3.8, 4) is 0 Å². The lowest BCUT2D eigenvalue weighted by Gasteiger charge is -2.43. The Balaban J connectivity index is 1.76. The van der Waals surface area contributed by atoms with E-state index in [2.05, 4.69) is 31.8 Å². The normalized spacial score (nSPS) is 28.8. The molecule has 0 bridgehead atoms. The number of esters is 2. The number of ether oxygens (including phenoxy) is 2. The van der Waals surface area contributed by atoms with Gasteiger partial charge in [0.05, 0.1) is 12.0 Å². The predicted molar refractivity (Wildman–Crippen MR) is 129 cm³/mol. The highest BCUT2D eigenvalue weighted by Crippen LogP contribution is 2.45. The number of nitrogens with zero attached hydrogens (tertiary/aromatic N) is 2. The highest BCUT2D eigenvalue weighted by atomic mass is 16.5. The van der Waals surface area contributed by atoms with Crippen molar-refractivity contribution in [2.45, 2.75) is 84.8 Å². The van der Waals surface area contributed by atoms with Gasteiger partial charge < -0.3 is 14.0 Å². The van der Waals surface area contributed by atoms with Crippen molar-refractivity contribution in [1.82, 2.24) is 9.55 Å². The third-order valence-electron chi connectivity index (χ3n) is 7.30. The monoisotopic (exact) mass is 456 g/mol. The number of allylic oxidation sites excluding steroid dienone is 2. The van der Waals surface area contributed by atoms with Gasteiger partial charge in [0.2, 0.25) is 0 Å². The van der Waals surface area contributed by atoms with Crippen LogP contribution in [-0.2, 0) is 26.1 Å². The van der Waals surface area contributed by atoms with Crippen molar-refractivity contribution in [3.05, 3.63) is 35.9 Å². The molecule has 1 saturated carbocycles. The lowest BCUT2D eigenvalue weighted by Crippen LogP contribution is -2.37. The Kier molecular flexibility index (Phi) is 8.93. The van der Waals surface area contributed by atoms with Gasteiger partial charge in [0.15, 0.2) is 0 Å². The molecule has 0 aliphatic heterocycles. The van der Waals surface area contributed by atoms with Crippen LogP contribution in [0.25, 0.3) is 6.08 Å². The maximum atomic E-state index is 12.6. The highest BCUT2D eigenvalue weighted by Gasteiger charge is 2.39. The number of carbonyl (C=O) groups is 2. The SMILES string of the molecule is CC(=O)O[C@@H]1CCCC[C@@H](OC(=O)C=Cc2cn(C)cn2)C[C@H]2C(C)=CC[C@H](C(C)C)[C@H]2C1. The molecule has 2 aliphatic carbocycles. The van der Waals surface area contributed by atoms with E-state index in [0.29, 0.717) is 23.7 Å². The summed E-state index contributed by atoms with van der Waals surface area (Å²) >= 11 is 0. The van der Waals surface area contributed by atoms with E-state index in [4.69, 9.17) is 9.47 Å². The molecule has 1 heterocycles. The van der Waals surface area contributed by atoms with Gasteiger partial charge in [0.1, 0.15) is 12.2 Å². The van der Waals surface area contributed by atoms with Crippen LogP contribution in [0.2, 0.25) is 0 Å². The molecule has 182 valence electrons. The van der Waals surface area contributed by atoms with Crippen molar-refractivity contribution in [3.63, 3.8) is 0 Å². The largest absolute Gasteiger partial charge is 0.463 e. The molecule has 33 heavy (non-hydrogen) atoms. The van der Waals surface area contributed by atoms with Crippen LogP contribution in [0.15, 0.2) is 30.2 Å². The van der Waals surface area contributed by atoms with Crippen molar-refractivity contribution >= 4 is 18.0 Å². The first-order valence-corrected chi connectivity index (χ1v) is 12.4. The minimum atomic E-state index is -0.310. The fourth-order valence-electron chi connectivity index (χ4n) is 5.64. The summed E-state index contributed by atoms with van der Waals surface area (Å²) in [5, 5.41) is 0. The van der Waals surface area contributed by atoms with Gasteiger partial charge in [-0.25, -0.2) is 9.78 Å². The van der Waals surface area contributed by atoms with Gasteiger partial charge in [-0.3, -0.25) is 4.79 Å². The summed E-state index contributed by atoms with van der Waals surface area (Å²) in [4.78, 5) is 28.6. The minimum absolute atomic E-state index is 0.0254. The first-order chi connectivity index (χ1) is 15.7. The van der Waals surface area contributed by atoms with Crippen molar-refractivity contribution in [2.75, 3.05) is 0 Å². The zero-order valence-corrected chi connectivity index (χ0v) is 20.8. The zero-order valence-electron chi connectivity index (χ0n) is 20.8. The topological polar surface area (TPSA) is 70.4 Å². The first-order valence-electron chi connectivity index (χ1n) is 12.4. The van der Waals surface area contributed by atoms with E-state index in [9.17, 15) is 9.59 Å². The molecule has 1 fully saturated rings. The standard InChI is InChI=1S/C27H40N2O4/c1-18(2)24-12-10-19(3)25-14-23(33-27(31)13-11-21-16-29(5)17-28-21)9-7-6-8-22(15-26(24)25)32-20(4)30/h10-11,13,16-18,22-26H,6-9,12,14-15H2,1-5H3/t22-,23-,24-,25+,26-/m1/s1. The second-order valence-electron chi connectivity index (χ2n) is 10.2. The smallest absolute Gasteiger partial charge is 0.331 e. The highest BCUT2D eigenvalue weighted by molar-refractivity contribution is 5.86. The Morgan fingerprint density at radius 1 is 1.15 bits per heavy atom. The van der Waals surface area contributed by atoms with Crippen LogP contribution in [0, 0.1) is 23.7 Å². The van der Waals surface area contributed by atoms with E-state index in [1.165, 1.54) is 18.6 Å². The second kappa shape index (κ2) is 11.7. The van der Waals surface area contributed by atoms with E-state index < -0.39 is 0 Å². The Hall–Kier alpha value is -2.37. The van der Waals surface area contributed by atoms with Gasteiger partial charge in [0.25, 0.3) is 0 Å². The van der Waals surface area contributed by atoms with Crippen LogP contribution in [0.5, 0.6) is 0 Å². The summed E-state index contributed by atoms with van der Waals surface area (Å²) in [7, 11) is 1.90. The third-order valence-corrected chi connectivity index (χ3v) is 7.30. The number of hydrogen-bond acceptors (Lipinski definition) is 5. The first kappa shape index (κ1) is 25.3. The van der Waals surface area contributed by atoms with Gasteiger partial charge in [-0.2, -0.15) is 0 Å². The number of carbonyl (C=O) groups excluding carboxylic acids is 2. The zero-order chi connectivity index (χ0) is 24.0. The number of hydrogen-bond donors (Lipinski definition) is 0. The molecule has 0 saturated heterocycles. The molecule has 0 amide bonds. The Bertz CT molecular complexity index is 869. The molecular weight excluding hydrogens is 416 g/mol. The van der Waals surface area contributed by atoms with Gasteiger partial charge in [-0.15, -0.1) is 0 Å². The molecule has 0 radical (unpaired) electrons. The molecule has 1 aromatic heterocycles.